The van der Waals surface area contributed by atoms with E-state index in [1.165, 1.54) is 10.9 Å². The first-order chi connectivity index (χ1) is 7.93. The number of sulfone groups is 1. The van der Waals surface area contributed by atoms with Gasteiger partial charge in [0.05, 0.1) is 30.9 Å². The summed E-state index contributed by atoms with van der Waals surface area (Å²) < 4.78 is 24.3. The monoisotopic (exact) mass is 262 g/mol. The first-order valence-corrected chi connectivity index (χ1v) is 6.73. The van der Waals surface area contributed by atoms with Crippen molar-refractivity contribution in [3.63, 3.8) is 0 Å². The fourth-order valence-electron chi connectivity index (χ4n) is 1.11. The minimum atomic E-state index is -3.32. The molecule has 0 saturated carbocycles. The second-order valence-electron chi connectivity index (χ2n) is 3.50. The lowest BCUT2D eigenvalue weighted by atomic mass is 10.5. The highest BCUT2D eigenvalue weighted by Gasteiger charge is 2.13. The molecular weight excluding hydrogens is 248 g/mol. The Morgan fingerprint density at radius 1 is 1.47 bits per heavy atom. The number of hydrogen-bond acceptors (Lipinski definition) is 6. The molecule has 1 aromatic rings. The lowest BCUT2D eigenvalue weighted by Gasteiger charge is -2.02. The molecule has 1 amide bonds. The van der Waals surface area contributed by atoms with Gasteiger partial charge < -0.3 is 10.8 Å². The fourth-order valence-corrected chi connectivity index (χ4v) is 2.29. The minimum absolute atomic E-state index is 0.133. The van der Waals surface area contributed by atoms with Gasteiger partial charge in [0, 0.05) is 6.42 Å². The number of primary amides is 1. The highest BCUT2D eigenvalue weighted by atomic mass is 32.2. The van der Waals surface area contributed by atoms with Gasteiger partial charge in [-0.25, -0.2) is 8.42 Å². The molecule has 0 spiro atoms. The lowest BCUT2D eigenvalue weighted by Crippen LogP contribution is -2.21. The molecule has 3 N–H and O–H groups in total. The van der Waals surface area contributed by atoms with Gasteiger partial charge in [-0.15, -0.1) is 5.10 Å². The minimum Gasteiger partial charge on any atom is -0.390 e. The van der Waals surface area contributed by atoms with Crippen LogP contribution in [0.15, 0.2) is 6.20 Å². The fraction of sp³-hybridized carbons (Fsp3) is 0.625. The van der Waals surface area contributed by atoms with Crippen LogP contribution in [0.2, 0.25) is 0 Å². The maximum Gasteiger partial charge on any atom is 0.218 e. The number of rotatable bonds is 7. The second kappa shape index (κ2) is 5.73. The summed E-state index contributed by atoms with van der Waals surface area (Å²) in [5, 5.41) is 16.0. The molecule has 0 aliphatic heterocycles. The van der Waals surface area contributed by atoms with Gasteiger partial charge in [-0.3, -0.25) is 9.48 Å². The number of carbonyl (C=O) groups excluding carboxylic acids is 1. The van der Waals surface area contributed by atoms with Gasteiger partial charge in [-0.1, -0.05) is 5.21 Å². The Hall–Kier alpha value is -1.48. The van der Waals surface area contributed by atoms with E-state index >= 15 is 0 Å². The predicted molar refractivity (Wildman–Crippen MR) is 58.4 cm³/mol. The highest BCUT2D eigenvalue weighted by molar-refractivity contribution is 7.91. The second-order valence-corrected chi connectivity index (χ2v) is 5.80. The van der Waals surface area contributed by atoms with E-state index in [0.29, 0.717) is 5.69 Å². The summed E-state index contributed by atoms with van der Waals surface area (Å²) in [5.41, 5.74) is 5.24. The highest BCUT2D eigenvalue weighted by Crippen LogP contribution is 1.97. The average Bonchev–Trinajstić information content (AvgIpc) is 2.72. The van der Waals surface area contributed by atoms with Crippen molar-refractivity contribution >= 4 is 15.7 Å². The smallest absolute Gasteiger partial charge is 0.218 e. The maximum absolute atomic E-state index is 11.5. The Balaban J connectivity index is 2.46. The van der Waals surface area contributed by atoms with Gasteiger partial charge in [0.2, 0.25) is 5.91 Å². The summed E-state index contributed by atoms with van der Waals surface area (Å²) >= 11 is 0. The van der Waals surface area contributed by atoms with Gasteiger partial charge in [0.1, 0.15) is 5.69 Å². The number of aromatic nitrogens is 3. The summed E-state index contributed by atoms with van der Waals surface area (Å²) in [6.45, 7) is -0.109. The van der Waals surface area contributed by atoms with E-state index in [-0.39, 0.29) is 31.1 Å². The molecule has 0 radical (unpaired) electrons. The van der Waals surface area contributed by atoms with Crippen molar-refractivity contribution in [2.75, 3.05) is 11.5 Å². The van der Waals surface area contributed by atoms with Crippen LogP contribution in [0.1, 0.15) is 12.1 Å². The van der Waals surface area contributed by atoms with Crippen molar-refractivity contribution in [2.45, 2.75) is 19.6 Å². The standard InChI is InChI=1S/C8H14N4O4S/c9-8(14)1-3-17(15,16)4-2-12-5-7(6-13)10-11-12/h5,13H,1-4,6H2,(H2,9,14). The normalized spacial score (nSPS) is 11.6. The van der Waals surface area contributed by atoms with Gasteiger partial charge in [0.15, 0.2) is 9.84 Å². The number of nitrogens with zero attached hydrogens (tertiary/aromatic N) is 3. The zero-order valence-corrected chi connectivity index (χ0v) is 9.93. The van der Waals surface area contributed by atoms with Crippen LogP contribution in [0.25, 0.3) is 0 Å². The molecule has 9 heteroatoms. The van der Waals surface area contributed by atoms with Crippen LogP contribution in [0.3, 0.4) is 0 Å². The van der Waals surface area contributed by atoms with Gasteiger partial charge >= 0.3 is 0 Å². The van der Waals surface area contributed by atoms with Crippen LogP contribution in [-0.4, -0.2) is 45.9 Å². The van der Waals surface area contributed by atoms with Crippen LogP contribution in [0.5, 0.6) is 0 Å². The Morgan fingerprint density at radius 3 is 2.71 bits per heavy atom. The Bertz CT molecular complexity index is 481. The molecule has 0 bridgehead atoms. The molecule has 1 rings (SSSR count). The number of aryl methyl sites for hydroxylation is 1. The van der Waals surface area contributed by atoms with E-state index in [2.05, 4.69) is 10.3 Å². The van der Waals surface area contributed by atoms with Gasteiger partial charge in [0.25, 0.3) is 0 Å². The third kappa shape index (κ3) is 4.91. The van der Waals surface area contributed by atoms with E-state index in [4.69, 9.17) is 10.8 Å². The molecule has 0 aliphatic carbocycles. The quantitative estimate of drug-likeness (QED) is 0.588. The Morgan fingerprint density at radius 2 is 2.18 bits per heavy atom. The summed E-state index contributed by atoms with van der Waals surface area (Å²) in [5.74, 6) is -1.05. The van der Waals surface area contributed by atoms with Crippen molar-refractivity contribution in [2.24, 2.45) is 5.73 Å². The molecule has 96 valence electrons. The summed E-state index contributed by atoms with van der Waals surface area (Å²) in [7, 11) is -3.32. The van der Waals surface area contributed by atoms with E-state index in [1.54, 1.807) is 0 Å². The van der Waals surface area contributed by atoms with Crippen molar-refractivity contribution in [3.05, 3.63) is 11.9 Å². The molecular formula is C8H14N4O4S. The predicted octanol–water partition coefficient (Wildman–Crippen LogP) is -1.94. The molecule has 0 fully saturated rings. The number of aliphatic hydroxyl groups excluding tert-OH is 1. The zero-order chi connectivity index (χ0) is 12.9. The van der Waals surface area contributed by atoms with E-state index < -0.39 is 15.7 Å². The van der Waals surface area contributed by atoms with E-state index in [1.807, 2.05) is 0 Å². The first-order valence-electron chi connectivity index (χ1n) is 4.91. The van der Waals surface area contributed by atoms with Crippen LogP contribution in [-0.2, 0) is 27.8 Å². The number of carbonyl (C=O) groups is 1. The molecule has 8 nitrogen and oxygen atoms in total. The molecule has 0 unspecified atom stereocenters. The third-order valence-corrected chi connectivity index (χ3v) is 3.67. The number of hydrogen-bond donors (Lipinski definition) is 2. The molecule has 0 saturated heterocycles. The largest absolute Gasteiger partial charge is 0.390 e. The van der Waals surface area contributed by atoms with Crippen molar-refractivity contribution in [3.8, 4) is 0 Å². The lowest BCUT2D eigenvalue weighted by molar-refractivity contribution is -0.117. The number of aliphatic hydroxyl groups is 1. The topological polar surface area (TPSA) is 128 Å². The number of amides is 1. The van der Waals surface area contributed by atoms with Crippen molar-refractivity contribution in [1.29, 1.82) is 0 Å². The molecule has 0 atom stereocenters. The molecule has 17 heavy (non-hydrogen) atoms. The van der Waals surface area contributed by atoms with Crippen molar-refractivity contribution < 1.29 is 18.3 Å². The maximum atomic E-state index is 11.5. The average molecular weight is 262 g/mol. The zero-order valence-electron chi connectivity index (χ0n) is 9.11. The molecule has 1 heterocycles. The van der Waals surface area contributed by atoms with Crippen LogP contribution in [0.4, 0.5) is 0 Å². The first kappa shape index (κ1) is 13.6. The molecule has 0 aliphatic rings. The van der Waals surface area contributed by atoms with Gasteiger partial charge in [-0.2, -0.15) is 0 Å². The van der Waals surface area contributed by atoms with E-state index in [9.17, 15) is 13.2 Å². The number of nitrogens with two attached hydrogens (primary N) is 1. The van der Waals surface area contributed by atoms with Gasteiger partial charge in [-0.05, 0) is 0 Å². The Labute approximate surface area is 98.3 Å². The van der Waals surface area contributed by atoms with Crippen LogP contribution in [0, 0.1) is 0 Å². The summed E-state index contributed by atoms with van der Waals surface area (Å²) in [4.78, 5) is 10.5. The van der Waals surface area contributed by atoms with Crippen molar-refractivity contribution in [1.82, 2.24) is 15.0 Å². The molecule has 1 aromatic heterocycles. The summed E-state index contributed by atoms with van der Waals surface area (Å²) in [6.07, 6.45) is 1.28. The van der Waals surface area contributed by atoms with E-state index in [0.717, 1.165) is 0 Å². The SMILES string of the molecule is NC(=O)CCS(=O)(=O)CCn1cc(CO)nn1. The van der Waals surface area contributed by atoms with Crippen LogP contribution < -0.4 is 5.73 Å². The van der Waals surface area contributed by atoms with Crippen LogP contribution >= 0.6 is 0 Å². The molecule has 0 aromatic carbocycles. The Kier molecular flexibility index (Phi) is 4.58. The summed E-state index contributed by atoms with van der Waals surface area (Å²) in [6, 6.07) is 0. The third-order valence-electron chi connectivity index (χ3n) is 2.04.